The standard InChI is InChI=1S/C13H20FNOS/c1-3-8-16-9-11(15-2)10-17-13-7-5-4-6-12(13)14/h4-7,11,15H,3,8-10H2,1-2H3. The fourth-order valence-electron chi connectivity index (χ4n) is 1.34. The lowest BCUT2D eigenvalue weighted by Crippen LogP contribution is -2.32. The predicted octanol–water partition coefficient (Wildman–Crippen LogP) is 2.93. The van der Waals surface area contributed by atoms with Crippen molar-refractivity contribution in [1.29, 1.82) is 0 Å². The second-order valence-corrected chi connectivity index (χ2v) is 4.86. The van der Waals surface area contributed by atoms with E-state index >= 15 is 0 Å². The number of halogens is 1. The smallest absolute Gasteiger partial charge is 0.136 e. The molecular weight excluding hydrogens is 237 g/mol. The molecule has 0 aliphatic heterocycles. The second kappa shape index (κ2) is 8.50. The number of hydrogen-bond acceptors (Lipinski definition) is 3. The zero-order valence-corrected chi connectivity index (χ0v) is 11.2. The third-order valence-corrected chi connectivity index (χ3v) is 3.56. The largest absolute Gasteiger partial charge is 0.380 e. The Labute approximate surface area is 107 Å². The number of benzene rings is 1. The quantitative estimate of drug-likeness (QED) is 0.571. The molecule has 1 unspecified atom stereocenters. The van der Waals surface area contributed by atoms with Crippen molar-refractivity contribution in [3.8, 4) is 0 Å². The van der Waals surface area contributed by atoms with Crippen molar-refractivity contribution >= 4 is 11.8 Å². The predicted molar refractivity (Wildman–Crippen MR) is 71.1 cm³/mol. The lowest BCUT2D eigenvalue weighted by atomic mass is 10.3. The molecular formula is C13H20FNOS. The monoisotopic (exact) mass is 257 g/mol. The van der Waals surface area contributed by atoms with Crippen LogP contribution in [0, 0.1) is 5.82 Å². The van der Waals surface area contributed by atoms with Gasteiger partial charge in [0.25, 0.3) is 0 Å². The Balaban J connectivity index is 2.34. The molecule has 4 heteroatoms. The summed E-state index contributed by atoms with van der Waals surface area (Å²) in [5, 5.41) is 3.18. The van der Waals surface area contributed by atoms with E-state index in [2.05, 4.69) is 12.2 Å². The van der Waals surface area contributed by atoms with Crippen LogP contribution < -0.4 is 5.32 Å². The minimum atomic E-state index is -0.151. The summed E-state index contributed by atoms with van der Waals surface area (Å²) in [5.74, 6) is 0.656. The highest BCUT2D eigenvalue weighted by Crippen LogP contribution is 2.21. The second-order valence-electron chi connectivity index (χ2n) is 3.80. The summed E-state index contributed by atoms with van der Waals surface area (Å²) in [6, 6.07) is 7.11. The first-order valence-corrected chi connectivity index (χ1v) is 6.88. The number of likely N-dealkylation sites (N-methyl/N-ethyl adjacent to an activating group) is 1. The van der Waals surface area contributed by atoms with E-state index in [1.165, 1.54) is 17.8 Å². The SMILES string of the molecule is CCCOCC(CSc1ccccc1F)NC. The number of nitrogens with one attached hydrogen (secondary N) is 1. The van der Waals surface area contributed by atoms with E-state index in [0.29, 0.717) is 11.5 Å². The summed E-state index contributed by atoms with van der Waals surface area (Å²) in [6.45, 7) is 3.54. The molecule has 96 valence electrons. The van der Waals surface area contributed by atoms with Crippen molar-refractivity contribution in [2.75, 3.05) is 26.0 Å². The first kappa shape index (κ1) is 14.5. The average Bonchev–Trinajstić information content (AvgIpc) is 2.35. The Bertz CT molecular complexity index is 322. The maximum absolute atomic E-state index is 13.4. The van der Waals surface area contributed by atoms with E-state index in [-0.39, 0.29) is 11.9 Å². The van der Waals surface area contributed by atoms with Crippen LogP contribution in [0.25, 0.3) is 0 Å². The topological polar surface area (TPSA) is 21.3 Å². The molecule has 0 saturated heterocycles. The first-order chi connectivity index (χ1) is 8.27. The highest BCUT2D eigenvalue weighted by Gasteiger charge is 2.08. The molecule has 0 aliphatic rings. The molecule has 1 atom stereocenters. The number of thioether (sulfide) groups is 1. The van der Waals surface area contributed by atoms with Gasteiger partial charge in [-0.2, -0.15) is 0 Å². The Kier molecular flexibility index (Phi) is 7.24. The molecule has 0 fully saturated rings. The van der Waals surface area contributed by atoms with Gasteiger partial charge in [-0.1, -0.05) is 19.1 Å². The van der Waals surface area contributed by atoms with E-state index in [9.17, 15) is 4.39 Å². The van der Waals surface area contributed by atoms with Crippen molar-refractivity contribution in [2.45, 2.75) is 24.3 Å². The fraction of sp³-hybridized carbons (Fsp3) is 0.538. The molecule has 0 heterocycles. The van der Waals surface area contributed by atoms with Crippen LogP contribution in [0.5, 0.6) is 0 Å². The first-order valence-electron chi connectivity index (χ1n) is 5.90. The number of ether oxygens (including phenoxy) is 1. The maximum atomic E-state index is 13.4. The molecule has 17 heavy (non-hydrogen) atoms. The van der Waals surface area contributed by atoms with E-state index in [1.807, 2.05) is 13.1 Å². The highest BCUT2D eigenvalue weighted by molar-refractivity contribution is 7.99. The van der Waals surface area contributed by atoms with Crippen molar-refractivity contribution < 1.29 is 9.13 Å². The Morgan fingerprint density at radius 1 is 1.41 bits per heavy atom. The fourth-order valence-corrected chi connectivity index (χ4v) is 2.36. The highest BCUT2D eigenvalue weighted by atomic mass is 32.2. The van der Waals surface area contributed by atoms with Gasteiger partial charge in [-0.25, -0.2) is 4.39 Å². The van der Waals surface area contributed by atoms with Gasteiger partial charge in [0.05, 0.1) is 6.61 Å². The van der Waals surface area contributed by atoms with Gasteiger partial charge in [-0.3, -0.25) is 0 Å². The molecule has 0 aliphatic carbocycles. The third kappa shape index (κ3) is 5.52. The maximum Gasteiger partial charge on any atom is 0.136 e. The van der Waals surface area contributed by atoms with Gasteiger partial charge in [-0.05, 0) is 25.6 Å². The summed E-state index contributed by atoms with van der Waals surface area (Å²) in [7, 11) is 1.90. The minimum absolute atomic E-state index is 0.151. The zero-order valence-electron chi connectivity index (χ0n) is 10.4. The molecule has 0 radical (unpaired) electrons. The molecule has 0 saturated carbocycles. The van der Waals surface area contributed by atoms with Crippen LogP contribution in [0.2, 0.25) is 0 Å². The number of rotatable bonds is 8. The van der Waals surface area contributed by atoms with Crippen LogP contribution in [0.15, 0.2) is 29.2 Å². The Morgan fingerprint density at radius 2 is 2.18 bits per heavy atom. The van der Waals surface area contributed by atoms with Crippen LogP contribution in [0.3, 0.4) is 0 Å². The summed E-state index contributed by atoms with van der Waals surface area (Å²) in [5.41, 5.74) is 0. The minimum Gasteiger partial charge on any atom is -0.380 e. The van der Waals surface area contributed by atoms with Crippen molar-refractivity contribution in [3.63, 3.8) is 0 Å². The van der Waals surface area contributed by atoms with Gasteiger partial charge in [-0.15, -0.1) is 11.8 Å². The summed E-state index contributed by atoms with van der Waals surface area (Å²) in [6.07, 6.45) is 1.02. The normalized spacial score (nSPS) is 12.6. The van der Waals surface area contributed by atoms with Crippen LogP contribution >= 0.6 is 11.8 Å². The van der Waals surface area contributed by atoms with Crippen LogP contribution in [-0.4, -0.2) is 32.1 Å². The van der Waals surface area contributed by atoms with Gasteiger partial charge in [0.15, 0.2) is 0 Å². The van der Waals surface area contributed by atoms with Gasteiger partial charge >= 0.3 is 0 Å². The molecule has 1 aromatic carbocycles. The van der Waals surface area contributed by atoms with Crippen molar-refractivity contribution in [2.24, 2.45) is 0 Å². The molecule has 0 aromatic heterocycles. The van der Waals surface area contributed by atoms with Crippen molar-refractivity contribution in [3.05, 3.63) is 30.1 Å². The van der Waals surface area contributed by atoms with E-state index in [0.717, 1.165) is 18.8 Å². The molecule has 1 rings (SSSR count). The van der Waals surface area contributed by atoms with E-state index in [1.54, 1.807) is 12.1 Å². The van der Waals surface area contributed by atoms with Gasteiger partial charge in [0.2, 0.25) is 0 Å². The molecule has 0 bridgehead atoms. The van der Waals surface area contributed by atoms with Gasteiger partial charge in [0.1, 0.15) is 5.82 Å². The molecule has 0 amide bonds. The van der Waals surface area contributed by atoms with Crippen LogP contribution in [0.1, 0.15) is 13.3 Å². The van der Waals surface area contributed by atoms with E-state index in [4.69, 9.17) is 4.74 Å². The van der Waals surface area contributed by atoms with E-state index < -0.39 is 0 Å². The Morgan fingerprint density at radius 3 is 2.82 bits per heavy atom. The van der Waals surface area contributed by atoms with Gasteiger partial charge < -0.3 is 10.1 Å². The van der Waals surface area contributed by atoms with Crippen LogP contribution in [-0.2, 0) is 4.74 Å². The van der Waals surface area contributed by atoms with Crippen LogP contribution in [0.4, 0.5) is 4.39 Å². The third-order valence-electron chi connectivity index (χ3n) is 2.35. The summed E-state index contributed by atoms with van der Waals surface area (Å²) >= 11 is 1.52. The number of hydrogen-bond donors (Lipinski definition) is 1. The summed E-state index contributed by atoms with van der Waals surface area (Å²) in [4.78, 5) is 0.697. The summed E-state index contributed by atoms with van der Waals surface area (Å²) < 4.78 is 18.9. The molecule has 0 spiro atoms. The lowest BCUT2D eigenvalue weighted by Gasteiger charge is -2.15. The zero-order chi connectivity index (χ0) is 12.5. The molecule has 1 N–H and O–H groups in total. The average molecular weight is 257 g/mol. The molecule has 1 aromatic rings. The molecule has 2 nitrogen and oxygen atoms in total. The van der Waals surface area contributed by atoms with Crippen molar-refractivity contribution in [1.82, 2.24) is 5.32 Å². The van der Waals surface area contributed by atoms with Gasteiger partial charge in [0, 0.05) is 23.3 Å². The Hall–Kier alpha value is -0.580. The lowest BCUT2D eigenvalue weighted by molar-refractivity contribution is 0.119.